The molecule has 2 aromatic rings. The highest BCUT2D eigenvalue weighted by Gasteiger charge is 2.71. The number of para-hydroxylation sites is 1. The van der Waals surface area contributed by atoms with Crippen LogP contribution in [0.25, 0.3) is 0 Å². The van der Waals surface area contributed by atoms with Gasteiger partial charge in [-0.2, -0.15) is 0 Å². The predicted molar refractivity (Wildman–Crippen MR) is 108 cm³/mol. The zero-order chi connectivity index (χ0) is 21.2. The summed E-state index contributed by atoms with van der Waals surface area (Å²) in [6, 6.07) is 13.0. The van der Waals surface area contributed by atoms with E-state index in [0.717, 1.165) is 4.90 Å². The topological polar surface area (TPSA) is 108 Å². The molecule has 3 aliphatic heterocycles. The maximum absolute atomic E-state index is 13.6. The number of aliphatic hydroxyl groups is 1. The Morgan fingerprint density at radius 1 is 1.07 bits per heavy atom. The molecule has 2 saturated heterocycles. The van der Waals surface area contributed by atoms with E-state index in [2.05, 4.69) is 10.6 Å². The minimum atomic E-state index is -1.41. The fraction of sp³-hybridized carbons (Fsp3) is 0.318. The number of nitrogens with zero attached hydrogens (tertiary/aromatic N) is 1. The third kappa shape index (κ3) is 2.26. The van der Waals surface area contributed by atoms with Crippen LogP contribution in [0.4, 0.5) is 11.4 Å². The molecule has 1 spiro atoms. The van der Waals surface area contributed by atoms with Crippen LogP contribution in [0, 0.1) is 11.8 Å². The molecule has 0 aliphatic carbocycles. The second kappa shape index (κ2) is 6.38. The van der Waals surface area contributed by atoms with Crippen molar-refractivity contribution in [2.24, 2.45) is 11.8 Å². The Labute approximate surface area is 172 Å². The van der Waals surface area contributed by atoms with Gasteiger partial charge in [-0.05, 0) is 37.3 Å². The molecule has 5 rings (SSSR count). The van der Waals surface area contributed by atoms with Crippen molar-refractivity contribution in [3.05, 3.63) is 54.1 Å². The number of ether oxygens (including phenoxy) is 1. The lowest BCUT2D eigenvalue weighted by molar-refractivity contribution is -0.130. The summed E-state index contributed by atoms with van der Waals surface area (Å²) in [6.45, 7) is 1.56. The Balaban J connectivity index is 1.65. The number of rotatable bonds is 3. The van der Waals surface area contributed by atoms with E-state index in [-0.39, 0.29) is 5.91 Å². The maximum Gasteiger partial charge on any atom is 0.250 e. The number of carbonyl (C=O) groups excluding carboxylic acids is 3. The minimum Gasteiger partial charge on any atom is -0.497 e. The number of carbonyl (C=O) groups is 3. The standard InChI is InChI=1S/C22H21N3O5/c1-11(26)18-16-17(22(24-18)14-5-3-4-6-15(14)23-21(22)29)20(28)25(19(16)27)12-7-9-13(30-2)10-8-12/h3-11,16-18,24,26H,1-2H3,(H,23,29)/t11-,16-,17-,18-,22-/m0/s1. The Bertz CT molecular complexity index is 1070. The van der Waals surface area contributed by atoms with Crippen molar-refractivity contribution in [1.29, 1.82) is 0 Å². The maximum atomic E-state index is 13.6. The van der Waals surface area contributed by atoms with Gasteiger partial charge in [0.15, 0.2) is 0 Å². The van der Waals surface area contributed by atoms with Gasteiger partial charge in [-0.1, -0.05) is 18.2 Å². The van der Waals surface area contributed by atoms with Crippen LogP contribution < -0.4 is 20.3 Å². The summed E-state index contributed by atoms with van der Waals surface area (Å²) >= 11 is 0. The van der Waals surface area contributed by atoms with Crippen molar-refractivity contribution in [2.75, 3.05) is 17.3 Å². The number of hydrogen-bond acceptors (Lipinski definition) is 6. The lowest BCUT2D eigenvalue weighted by Crippen LogP contribution is -2.54. The van der Waals surface area contributed by atoms with E-state index < -0.39 is 41.3 Å². The van der Waals surface area contributed by atoms with Crippen molar-refractivity contribution in [3.63, 3.8) is 0 Å². The molecule has 0 radical (unpaired) electrons. The first-order chi connectivity index (χ1) is 14.4. The highest BCUT2D eigenvalue weighted by atomic mass is 16.5. The smallest absolute Gasteiger partial charge is 0.250 e. The lowest BCUT2D eigenvalue weighted by Gasteiger charge is -2.30. The fourth-order valence-electron chi connectivity index (χ4n) is 5.09. The molecule has 30 heavy (non-hydrogen) atoms. The molecule has 0 aromatic heterocycles. The first-order valence-electron chi connectivity index (χ1n) is 9.78. The van der Waals surface area contributed by atoms with Gasteiger partial charge in [0, 0.05) is 17.3 Å². The van der Waals surface area contributed by atoms with Crippen molar-refractivity contribution >= 4 is 29.1 Å². The molecule has 0 bridgehead atoms. The zero-order valence-corrected chi connectivity index (χ0v) is 16.5. The van der Waals surface area contributed by atoms with Crippen molar-refractivity contribution < 1.29 is 24.2 Å². The van der Waals surface area contributed by atoms with Gasteiger partial charge in [-0.15, -0.1) is 0 Å². The molecule has 5 atom stereocenters. The fourth-order valence-corrected chi connectivity index (χ4v) is 5.09. The SMILES string of the molecule is COc1ccc(N2C(=O)[C@@H]3[C@H]([C@H](C)O)N[C@]4(C(=O)Nc5ccccc54)[C@@H]3C2=O)cc1. The number of hydrogen-bond donors (Lipinski definition) is 3. The molecule has 154 valence electrons. The molecule has 3 aliphatic rings. The molecule has 2 aromatic carbocycles. The first-order valence-corrected chi connectivity index (χ1v) is 9.78. The number of aliphatic hydroxyl groups excluding tert-OH is 1. The molecular formula is C22H21N3O5. The van der Waals surface area contributed by atoms with Gasteiger partial charge < -0.3 is 15.2 Å². The van der Waals surface area contributed by atoms with Gasteiger partial charge >= 0.3 is 0 Å². The van der Waals surface area contributed by atoms with Crippen molar-refractivity contribution in [2.45, 2.75) is 24.6 Å². The highest BCUT2D eigenvalue weighted by Crippen LogP contribution is 2.53. The Morgan fingerprint density at radius 3 is 2.43 bits per heavy atom. The largest absolute Gasteiger partial charge is 0.497 e. The molecule has 8 nitrogen and oxygen atoms in total. The van der Waals surface area contributed by atoms with Crippen LogP contribution in [0.3, 0.4) is 0 Å². The molecule has 3 amide bonds. The first kappa shape index (κ1) is 18.8. The quantitative estimate of drug-likeness (QED) is 0.656. The Morgan fingerprint density at radius 2 is 1.77 bits per heavy atom. The van der Waals surface area contributed by atoms with E-state index >= 15 is 0 Å². The summed E-state index contributed by atoms with van der Waals surface area (Å²) in [7, 11) is 1.53. The molecule has 8 heteroatoms. The minimum absolute atomic E-state index is 0.389. The third-order valence-electron chi connectivity index (χ3n) is 6.41. The molecule has 3 N–H and O–H groups in total. The van der Waals surface area contributed by atoms with Crippen molar-refractivity contribution in [3.8, 4) is 5.75 Å². The van der Waals surface area contributed by atoms with Gasteiger partial charge in [0.25, 0.3) is 0 Å². The average Bonchev–Trinajstić information content (AvgIpc) is 3.33. The number of benzene rings is 2. The number of fused-ring (bicyclic) bond motifs is 4. The molecule has 0 unspecified atom stereocenters. The van der Waals surface area contributed by atoms with E-state index in [1.807, 2.05) is 0 Å². The van der Waals surface area contributed by atoms with Crippen LogP contribution in [-0.4, -0.2) is 42.1 Å². The van der Waals surface area contributed by atoms with Crippen LogP contribution in [-0.2, 0) is 19.9 Å². The van der Waals surface area contributed by atoms with Crippen LogP contribution in [0.15, 0.2) is 48.5 Å². The van der Waals surface area contributed by atoms with Crippen LogP contribution in [0.2, 0.25) is 0 Å². The van der Waals surface area contributed by atoms with Gasteiger partial charge in [0.05, 0.1) is 30.7 Å². The Kier molecular flexibility index (Phi) is 4.00. The van der Waals surface area contributed by atoms with Gasteiger partial charge in [0.1, 0.15) is 11.3 Å². The lowest BCUT2D eigenvalue weighted by atomic mass is 9.76. The summed E-state index contributed by atoms with van der Waals surface area (Å²) in [5, 5.41) is 16.4. The normalized spacial score (nSPS) is 30.4. The van der Waals surface area contributed by atoms with E-state index in [9.17, 15) is 19.5 Å². The number of imide groups is 1. The van der Waals surface area contributed by atoms with E-state index in [1.54, 1.807) is 55.5 Å². The highest BCUT2D eigenvalue weighted by molar-refractivity contribution is 6.25. The Hall–Kier alpha value is -3.23. The summed E-state index contributed by atoms with van der Waals surface area (Å²) in [6.07, 6.45) is -0.940. The number of amides is 3. The van der Waals surface area contributed by atoms with E-state index in [1.165, 1.54) is 7.11 Å². The van der Waals surface area contributed by atoms with E-state index in [0.29, 0.717) is 22.7 Å². The van der Waals surface area contributed by atoms with Crippen molar-refractivity contribution in [1.82, 2.24) is 5.32 Å². The van der Waals surface area contributed by atoms with Gasteiger partial charge in [-0.3, -0.25) is 19.7 Å². The monoisotopic (exact) mass is 407 g/mol. The third-order valence-corrected chi connectivity index (χ3v) is 6.41. The second-order valence-electron chi connectivity index (χ2n) is 7.93. The van der Waals surface area contributed by atoms with E-state index in [4.69, 9.17) is 4.74 Å². The van der Waals surface area contributed by atoms with Crippen LogP contribution >= 0.6 is 0 Å². The molecule has 2 fully saturated rings. The summed E-state index contributed by atoms with van der Waals surface area (Å²) in [4.78, 5) is 41.3. The summed E-state index contributed by atoms with van der Waals surface area (Å²) < 4.78 is 5.15. The number of methoxy groups -OCH3 is 1. The van der Waals surface area contributed by atoms with Crippen LogP contribution in [0.5, 0.6) is 5.75 Å². The number of anilines is 2. The zero-order valence-electron chi connectivity index (χ0n) is 16.5. The molecule has 0 saturated carbocycles. The summed E-state index contributed by atoms with van der Waals surface area (Å²) in [5.41, 5.74) is 0.220. The molecular weight excluding hydrogens is 386 g/mol. The molecule has 3 heterocycles. The predicted octanol–water partition coefficient (Wildman–Crippen LogP) is 1.00. The van der Waals surface area contributed by atoms with Gasteiger partial charge in [-0.25, -0.2) is 4.90 Å². The summed E-state index contributed by atoms with van der Waals surface area (Å²) in [5.74, 6) is -2.51. The number of nitrogens with one attached hydrogen (secondary N) is 2. The van der Waals surface area contributed by atoms with Crippen LogP contribution in [0.1, 0.15) is 12.5 Å². The second-order valence-corrected chi connectivity index (χ2v) is 7.93. The average molecular weight is 407 g/mol. The van der Waals surface area contributed by atoms with Gasteiger partial charge in [0.2, 0.25) is 17.7 Å².